The van der Waals surface area contributed by atoms with E-state index >= 15 is 0 Å². The van der Waals surface area contributed by atoms with E-state index in [1.165, 1.54) is 23.1 Å². The van der Waals surface area contributed by atoms with E-state index in [0.717, 1.165) is 0 Å². The molecule has 0 aliphatic carbocycles. The first-order valence-corrected chi connectivity index (χ1v) is 7.90. The van der Waals surface area contributed by atoms with E-state index in [9.17, 15) is 18.4 Å². The molecule has 2 amide bonds. The maximum atomic E-state index is 12.4. The summed E-state index contributed by atoms with van der Waals surface area (Å²) in [6.07, 6.45) is -0.0108. The van der Waals surface area contributed by atoms with Crippen LogP contribution < -0.4 is 19.7 Å². The smallest absolute Gasteiger partial charge is 0.387 e. The monoisotopic (exact) mass is 362 g/mol. The Morgan fingerprint density at radius 1 is 1.19 bits per heavy atom. The third-order valence-corrected chi connectivity index (χ3v) is 3.75. The third kappa shape index (κ3) is 4.08. The first-order chi connectivity index (χ1) is 12.5. The average Bonchev–Trinajstić information content (AvgIpc) is 2.62. The zero-order valence-corrected chi connectivity index (χ0v) is 13.7. The summed E-state index contributed by atoms with van der Waals surface area (Å²) in [5.41, 5.74) is 0.740. The predicted molar refractivity (Wildman–Crippen MR) is 90.6 cm³/mol. The van der Waals surface area contributed by atoms with Gasteiger partial charge in [0.25, 0.3) is 5.91 Å². The Hall–Kier alpha value is -3.16. The molecule has 2 aromatic rings. The molecule has 1 aliphatic rings. The fourth-order valence-electron chi connectivity index (χ4n) is 2.59. The van der Waals surface area contributed by atoms with Gasteiger partial charge in [0.05, 0.1) is 11.4 Å². The second-order valence-electron chi connectivity index (χ2n) is 5.47. The molecule has 0 aromatic heterocycles. The Labute approximate surface area is 148 Å². The molecule has 8 heteroatoms. The summed E-state index contributed by atoms with van der Waals surface area (Å²) in [5, 5.41) is 2.53. The van der Waals surface area contributed by atoms with Crippen LogP contribution in [0.25, 0.3) is 0 Å². The molecule has 2 aromatic carbocycles. The molecule has 0 unspecified atom stereocenters. The fraction of sp³-hybridized carbons (Fsp3) is 0.222. The van der Waals surface area contributed by atoms with Gasteiger partial charge in [-0.15, -0.1) is 0 Å². The van der Waals surface area contributed by atoms with E-state index in [-0.39, 0.29) is 36.9 Å². The lowest BCUT2D eigenvalue weighted by atomic mass is 10.2. The number of carbonyl (C=O) groups excluding carboxylic acids is 2. The molecular formula is C18H16F2N2O4. The molecule has 26 heavy (non-hydrogen) atoms. The maximum absolute atomic E-state index is 12.4. The highest BCUT2D eigenvalue weighted by atomic mass is 19.3. The summed E-state index contributed by atoms with van der Waals surface area (Å²) in [4.78, 5) is 25.7. The zero-order chi connectivity index (χ0) is 18.5. The SMILES string of the molecule is O=C(CCN1C(=O)COc2ccccc21)Nc1ccccc1OC(F)F. The number of amides is 2. The largest absolute Gasteiger partial charge is 0.482 e. The number of nitrogens with zero attached hydrogens (tertiary/aromatic N) is 1. The van der Waals surface area contributed by atoms with E-state index in [1.54, 1.807) is 30.3 Å². The van der Waals surface area contributed by atoms with Crippen molar-refractivity contribution in [2.45, 2.75) is 13.0 Å². The number of alkyl halides is 2. The van der Waals surface area contributed by atoms with E-state index in [4.69, 9.17) is 4.74 Å². The third-order valence-electron chi connectivity index (χ3n) is 3.75. The van der Waals surface area contributed by atoms with Gasteiger partial charge < -0.3 is 19.7 Å². The Morgan fingerprint density at radius 3 is 2.73 bits per heavy atom. The number of anilines is 2. The minimum absolute atomic E-state index is 0.0108. The Bertz CT molecular complexity index is 813. The molecule has 0 spiro atoms. The van der Waals surface area contributed by atoms with Crippen molar-refractivity contribution < 1.29 is 27.8 Å². The van der Waals surface area contributed by atoms with Crippen molar-refractivity contribution in [3.63, 3.8) is 0 Å². The molecule has 0 saturated carbocycles. The van der Waals surface area contributed by atoms with Crippen molar-refractivity contribution in [3.05, 3.63) is 48.5 Å². The van der Waals surface area contributed by atoms with Crippen LogP contribution in [0.3, 0.4) is 0 Å². The number of fused-ring (bicyclic) bond motifs is 1. The topological polar surface area (TPSA) is 67.9 Å². The summed E-state index contributed by atoms with van der Waals surface area (Å²) >= 11 is 0. The number of para-hydroxylation sites is 4. The van der Waals surface area contributed by atoms with Gasteiger partial charge >= 0.3 is 6.61 Å². The van der Waals surface area contributed by atoms with Gasteiger partial charge in [0.1, 0.15) is 11.5 Å². The minimum atomic E-state index is -2.99. The maximum Gasteiger partial charge on any atom is 0.387 e. The van der Waals surface area contributed by atoms with Crippen LogP contribution in [0.1, 0.15) is 6.42 Å². The Kier molecular flexibility index (Phi) is 5.31. The molecule has 1 N–H and O–H groups in total. The van der Waals surface area contributed by atoms with Gasteiger partial charge in [0.2, 0.25) is 5.91 Å². The molecule has 1 heterocycles. The second kappa shape index (κ2) is 7.81. The predicted octanol–water partition coefficient (Wildman–Crippen LogP) is 3.04. The van der Waals surface area contributed by atoms with E-state index < -0.39 is 12.5 Å². The molecule has 6 nitrogen and oxygen atoms in total. The number of ether oxygens (including phenoxy) is 2. The van der Waals surface area contributed by atoms with Crippen molar-refractivity contribution in [2.24, 2.45) is 0 Å². The molecule has 0 bridgehead atoms. The Balaban J connectivity index is 1.64. The Morgan fingerprint density at radius 2 is 1.92 bits per heavy atom. The van der Waals surface area contributed by atoms with Crippen molar-refractivity contribution in [2.75, 3.05) is 23.4 Å². The molecule has 1 aliphatic heterocycles. The van der Waals surface area contributed by atoms with E-state index in [2.05, 4.69) is 10.1 Å². The summed E-state index contributed by atoms with van der Waals surface area (Å²) in [7, 11) is 0. The fourth-order valence-corrected chi connectivity index (χ4v) is 2.59. The summed E-state index contributed by atoms with van der Waals surface area (Å²) < 4.78 is 34.6. The number of carbonyl (C=O) groups is 2. The van der Waals surface area contributed by atoms with Gasteiger partial charge in [0, 0.05) is 13.0 Å². The molecule has 0 saturated heterocycles. The molecule has 136 valence electrons. The summed E-state index contributed by atoms with van der Waals surface area (Å²) in [6, 6.07) is 13.0. The first-order valence-electron chi connectivity index (χ1n) is 7.90. The lowest BCUT2D eigenvalue weighted by Gasteiger charge is -2.29. The van der Waals surface area contributed by atoms with Crippen LogP contribution in [0, 0.1) is 0 Å². The first kappa shape index (κ1) is 17.7. The normalized spacial score (nSPS) is 13.2. The minimum Gasteiger partial charge on any atom is -0.482 e. The molecule has 3 rings (SSSR count). The zero-order valence-electron chi connectivity index (χ0n) is 13.7. The van der Waals surface area contributed by atoms with E-state index in [0.29, 0.717) is 11.4 Å². The van der Waals surface area contributed by atoms with Gasteiger partial charge in [-0.25, -0.2) is 0 Å². The van der Waals surface area contributed by atoms with Crippen LogP contribution in [0.2, 0.25) is 0 Å². The standard InChI is InChI=1S/C18H16F2N2O4/c19-18(20)26-14-7-3-1-5-12(14)21-16(23)9-10-22-13-6-2-4-8-15(13)25-11-17(22)24/h1-8,18H,9-11H2,(H,21,23). The van der Waals surface area contributed by atoms with E-state index in [1.807, 2.05) is 0 Å². The van der Waals surface area contributed by atoms with Crippen LogP contribution in [-0.2, 0) is 9.59 Å². The highest BCUT2D eigenvalue weighted by Crippen LogP contribution is 2.31. The number of halogens is 2. The number of hydrogen-bond donors (Lipinski definition) is 1. The van der Waals surface area contributed by atoms with Crippen molar-refractivity contribution in [1.82, 2.24) is 0 Å². The number of hydrogen-bond acceptors (Lipinski definition) is 4. The molecular weight excluding hydrogens is 346 g/mol. The van der Waals surface area contributed by atoms with Crippen LogP contribution >= 0.6 is 0 Å². The van der Waals surface area contributed by atoms with Crippen LogP contribution in [0.5, 0.6) is 11.5 Å². The number of benzene rings is 2. The van der Waals surface area contributed by atoms with Crippen molar-refractivity contribution in [3.8, 4) is 11.5 Å². The summed E-state index contributed by atoms with van der Waals surface area (Å²) in [5.74, 6) is -0.225. The van der Waals surface area contributed by atoms with Crippen LogP contribution in [-0.4, -0.2) is 31.6 Å². The molecule has 0 fully saturated rings. The van der Waals surface area contributed by atoms with Gasteiger partial charge in [-0.05, 0) is 24.3 Å². The van der Waals surface area contributed by atoms with Gasteiger partial charge in [-0.1, -0.05) is 24.3 Å². The average molecular weight is 362 g/mol. The molecule has 0 radical (unpaired) electrons. The molecule has 0 atom stereocenters. The highest BCUT2D eigenvalue weighted by molar-refractivity contribution is 5.99. The van der Waals surface area contributed by atoms with Gasteiger partial charge in [0.15, 0.2) is 6.61 Å². The van der Waals surface area contributed by atoms with Crippen LogP contribution in [0.4, 0.5) is 20.2 Å². The lowest BCUT2D eigenvalue weighted by molar-refractivity contribution is -0.121. The van der Waals surface area contributed by atoms with Gasteiger partial charge in [-0.2, -0.15) is 8.78 Å². The highest BCUT2D eigenvalue weighted by Gasteiger charge is 2.25. The second-order valence-corrected chi connectivity index (χ2v) is 5.47. The number of nitrogens with one attached hydrogen (secondary N) is 1. The van der Waals surface area contributed by atoms with Crippen molar-refractivity contribution in [1.29, 1.82) is 0 Å². The van der Waals surface area contributed by atoms with Crippen LogP contribution in [0.15, 0.2) is 48.5 Å². The van der Waals surface area contributed by atoms with Gasteiger partial charge in [-0.3, -0.25) is 9.59 Å². The lowest BCUT2D eigenvalue weighted by Crippen LogP contribution is -2.40. The van der Waals surface area contributed by atoms with Crippen molar-refractivity contribution >= 4 is 23.2 Å². The number of rotatable bonds is 6. The quantitative estimate of drug-likeness (QED) is 0.858. The summed E-state index contributed by atoms with van der Waals surface area (Å²) in [6.45, 7) is -2.94.